The van der Waals surface area contributed by atoms with Crippen LogP contribution in [0.25, 0.3) is 0 Å². The predicted molar refractivity (Wildman–Crippen MR) is 166 cm³/mol. The van der Waals surface area contributed by atoms with Crippen LogP contribution < -0.4 is 0 Å². The van der Waals surface area contributed by atoms with E-state index in [1.807, 2.05) is 68.4 Å². The summed E-state index contributed by atoms with van der Waals surface area (Å²) in [6, 6.07) is 16.5. The highest BCUT2D eigenvalue weighted by molar-refractivity contribution is 5.85. The van der Waals surface area contributed by atoms with Gasteiger partial charge in [0.1, 0.15) is 12.6 Å². The van der Waals surface area contributed by atoms with Crippen LogP contribution in [0.3, 0.4) is 0 Å². The number of urea groups is 1. The first-order valence-electron chi connectivity index (χ1n) is 16.0. The molecule has 2 aromatic rings. The first-order chi connectivity index (χ1) is 20.5. The van der Waals surface area contributed by atoms with Crippen LogP contribution in [0.2, 0.25) is 0 Å². The van der Waals surface area contributed by atoms with E-state index in [-0.39, 0.29) is 25.2 Å². The van der Waals surface area contributed by atoms with Crippen LogP contribution >= 0.6 is 0 Å². The van der Waals surface area contributed by atoms with E-state index >= 15 is 0 Å². The van der Waals surface area contributed by atoms with Gasteiger partial charge in [0.15, 0.2) is 0 Å². The number of esters is 2. The first kappa shape index (κ1) is 33.2. The molecule has 7 nitrogen and oxygen atoms in total. The van der Waals surface area contributed by atoms with Crippen molar-refractivity contribution >= 4 is 18.0 Å². The predicted octanol–water partition coefficient (Wildman–Crippen LogP) is 7.31. The summed E-state index contributed by atoms with van der Waals surface area (Å²) in [5, 5.41) is 0. The maximum Gasteiger partial charge on any atom is 0.329 e. The third-order valence-corrected chi connectivity index (χ3v) is 8.11. The lowest BCUT2D eigenvalue weighted by Crippen LogP contribution is -2.54. The summed E-state index contributed by atoms with van der Waals surface area (Å²) in [7, 11) is 0. The molecule has 0 radical (unpaired) electrons. The van der Waals surface area contributed by atoms with Crippen molar-refractivity contribution in [3.05, 3.63) is 71.3 Å². The second-order valence-corrected chi connectivity index (χ2v) is 11.2. The van der Waals surface area contributed by atoms with Crippen LogP contribution in [0.15, 0.2) is 54.6 Å². The summed E-state index contributed by atoms with van der Waals surface area (Å²) in [5.41, 5.74) is 2.97. The number of carbonyl (C=O) groups is 3. The third kappa shape index (κ3) is 10.2. The van der Waals surface area contributed by atoms with Gasteiger partial charge in [-0.25, -0.2) is 9.59 Å². The second kappa shape index (κ2) is 18.2. The Morgan fingerprint density at radius 1 is 0.833 bits per heavy atom. The molecule has 2 amide bonds. The highest BCUT2D eigenvalue weighted by atomic mass is 16.5. The Morgan fingerprint density at radius 2 is 1.48 bits per heavy atom. The monoisotopic (exact) mass is 578 g/mol. The molecule has 1 aliphatic rings. The molecular formula is C35H50N2O5. The van der Waals surface area contributed by atoms with E-state index in [0.29, 0.717) is 32.5 Å². The van der Waals surface area contributed by atoms with Crippen molar-refractivity contribution in [1.82, 2.24) is 9.80 Å². The fourth-order valence-corrected chi connectivity index (χ4v) is 5.62. The molecule has 0 fully saturated rings. The summed E-state index contributed by atoms with van der Waals surface area (Å²) in [6.45, 7) is 7.43. The average Bonchev–Trinajstić information content (AvgIpc) is 3.02. The van der Waals surface area contributed by atoms with Gasteiger partial charge in [-0.15, -0.1) is 0 Å². The number of ether oxygens (including phenoxy) is 2. The van der Waals surface area contributed by atoms with Crippen molar-refractivity contribution in [1.29, 1.82) is 0 Å². The number of benzene rings is 2. The van der Waals surface area contributed by atoms with E-state index in [4.69, 9.17) is 9.47 Å². The number of nitrogens with zero attached hydrogens (tertiary/aromatic N) is 2. The molecule has 2 aromatic carbocycles. The minimum absolute atomic E-state index is 0.154. The Bertz CT molecular complexity index is 1110. The van der Waals surface area contributed by atoms with E-state index in [9.17, 15) is 14.4 Å². The molecule has 1 aliphatic heterocycles. The van der Waals surface area contributed by atoms with Crippen LogP contribution in [0, 0.1) is 5.92 Å². The van der Waals surface area contributed by atoms with Crippen molar-refractivity contribution < 1.29 is 23.9 Å². The molecule has 7 heteroatoms. The van der Waals surface area contributed by atoms with Crippen LogP contribution in [-0.2, 0) is 38.6 Å². The van der Waals surface area contributed by atoms with Crippen molar-refractivity contribution in [2.75, 3.05) is 19.7 Å². The van der Waals surface area contributed by atoms with E-state index in [2.05, 4.69) is 6.92 Å². The molecule has 42 heavy (non-hydrogen) atoms. The molecule has 0 bridgehead atoms. The Kier molecular flexibility index (Phi) is 14.4. The number of fused-ring (bicyclic) bond motifs is 1. The molecule has 2 atom stereocenters. The molecule has 0 spiro atoms. The molecule has 0 aliphatic carbocycles. The number of hydrogen-bond acceptors (Lipinski definition) is 5. The lowest BCUT2D eigenvalue weighted by Gasteiger charge is -2.39. The maximum atomic E-state index is 14.0. The molecule has 0 saturated heterocycles. The fraction of sp³-hybridized carbons (Fsp3) is 0.571. The maximum absolute atomic E-state index is 14.0. The van der Waals surface area contributed by atoms with E-state index in [1.165, 1.54) is 32.1 Å². The summed E-state index contributed by atoms with van der Waals surface area (Å²) < 4.78 is 11.1. The average molecular weight is 579 g/mol. The quantitative estimate of drug-likeness (QED) is 0.145. The second-order valence-electron chi connectivity index (χ2n) is 11.2. The number of hydrogen-bond donors (Lipinski definition) is 0. The number of rotatable bonds is 17. The minimum Gasteiger partial charge on any atom is -0.466 e. The molecular weight excluding hydrogens is 528 g/mol. The van der Waals surface area contributed by atoms with Crippen molar-refractivity contribution in [2.24, 2.45) is 5.92 Å². The van der Waals surface area contributed by atoms with Gasteiger partial charge in [0.05, 0.1) is 12.5 Å². The lowest BCUT2D eigenvalue weighted by atomic mass is 9.94. The molecule has 230 valence electrons. The Balaban J connectivity index is 1.68. The molecule has 3 rings (SSSR count). The fourth-order valence-electron chi connectivity index (χ4n) is 5.62. The molecule has 0 saturated carbocycles. The molecule has 1 heterocycles. The number of unbranched alkanes of at least 4 members (excludes halogenated alkanes) is 7. The van der Waals surface area contributed by atoms with Crippen LogP contribution in [0.4, 0.5) is 4.79 Å². The number of amides is 2. The highest BCUT2D eigenvalue weighted by Crippen LogP contribution is 2.26. The van der Waals surface area contributed by atoms with Crippen molar-refractivity contribution in [3.8, 4) is 0 Å². The normalized spacial score (nSPS) is 15.0. The van der Waals surface area contributed by atoms with Gasteiger partial charge in [-0.05, 0) is 37.0 Å². The smallest absolute Gasteiger partial charge is 0.329 e. The van der Waals surface area contributed by atoms with E-state index < -0.39 is 17.9 Å². The van der Waals surface area contributed by atoms with Gasteiger partial charge in [-0.2, -0.15) is 0 Å². The van der Waals surface area contributed by atoms with Gasteiger partial charge < -0.3 is 19.3 Å². The van der Waals surface area contributed by atoms with Crippen LogP contribution in [0.1, 0.15) is 95.2 Å². The van der Waals surface area contributed by atoms with Crippen molar-refractivity contribution in [2.45, 2.75) is 104 Å². The zero-order valence-electron chi connectivity index (χ0n) is 25.9. The summed E-state index contributed by atoms with van der Waals surface area (Å²) in [4.78, 5) is 43.7. The summed E-state index contributed by atoms with van der Waals surface area (Å²) in [6.07, 6.45) is 10.5. The SMILES string of the molecule is CCCCCCCCCC[C@@H](CN(CC)C(=O)N1Cc2ccccc2C[C@H]1C(=O)OCc1ccccc1)C(=O)OCC. The zero-order valence-corrected chi connectivity index (χ0v) is 25.9. The Hall–Kier alpha value is -3.35. The topological polar surface area (TPSA) is 76.2 Å². The van der Waals surface area contributed by atoms with Crippen molar-refractivity contribution in [3.63, 3.8) is 0 Å². The van der Waals surface area contributed by atoms with E-state index in [1.54, 1.807) is 9.80 Å². The molecule has 0 aromatic heterocycles. The van der Waals surface area contributed by atoms with Gasteiger partial charge >= 0.3 is 18.0 Å². The first-order valence-corrected chi connectivity index (χ1v) is 16.0. The van der Waals surface area contributed by atoms with Gasteiger partial charge in [0.2, 0.25) is 0 Å². The largest absolute Gasteiger partial charge is 0.466 e. The summed E-state index contributed by atoms with van der Waals surface area (Å²) in [5.74, 6) is -1.07. The minimum atomic E-state index is -0.737. The Morgan fingerprint density at radius 3 is 2.14 bits per heavy atom. The van der Waals surface area contributed by atoms with Crippen LogP contribution in [0.5, 0.6) is 0 Å². The Labute approximate surface area is 252 Å². The standard InChI is InChI=1S/C35H50N2O5/c1-4-7-8-9-10-11-12-16-23-31(33(38)41-6-3)25-36(5-2)35(40)37-26-30-22-18-17-21-29(30)24-32(37)34(39)42-27-28-19-14-13-15-20-28/h13-15,17-22,31-32H,4-12,16,23-27H2,1-3H3/t31-,32-/m0/s1. The summed E-state index contributed by atoms with van der Waals surface area (Å²) >= 11 is 0. The van der Waals surface area contributed by atoms with Gasteiger partial charge in [0, 0.05) is 26.1 Å². The molecule has 0 N–H and O–H groups in total. The molecule has 0 unspecified atom stereocenters. The van der Waals surface area contributed by atoms with Gasteiger partial charge in [-0.1, -0.05) is 113 Å². The zero-order chi connectivity index (χ0) is 30.2. The lowest BCUT2D eigenvalue weighted by molar-refractivity contribution is -0.152. The number of carbonyl (C=O) groups excluding carboxylic acids is 3. The van der Waals surface area contributed by atoms with E-state index in [0.717, 1.165) is 36.0 Å². The van der Waals surface area contributed by atoms with Crippen LogP contribution in [-0.4, -0.2) is 53.5 Å². The third-order valence-electron chi connectivity index (χ3n) is 8.11. The van der Waals surface area contributed by atoms with Gasteiger partial charge in [-0.3, -0.25) is 4.79 Å². The highest BCUT2D eigenvalue weighted by Gasteiger charge is 2.38. The van der Waals surface area contributed by atoms with Gasteiger partial charge in [0.25, 0.3) is 0 Å².